The van der Waals surface area contributed by atoms with E-state index in [4.69, 9.17) is 34.8 Å². The summed E-state index contributed by atoms with van der Waals surface area (Å²) in [6, 6.07) is 24.0. The van der Waals surface area contributed by atoms with Gasteiger partial charge in [-0.05, 0) is 78.4 Å². The van der Waals surface area contributed by atoms with Gasteiger partial charge in [0.1, 0.15) is 11.5 Å². The zero-order chi connectivity index (χ0) is 29.4. The summed E-state index contributed by atoms with van der Waals surface area (Å²) >= 11 is 19.3. The number of hydrogen-bond acceptors (Lipinski definition) is 4. The summed E-state index contributed by atoms with van der Waals surface area (Å²) in [5, 5.41) is 8.74. The van der Waals surface area contributed by atoms with E-state index in [9.17, 15) is 18.8 Å². The molecule has 0 saturated heterocycles. The van der Waals surface area contributed by atoms with Gasteiger partial charge >= 0.3 is 0 Å². The first-order valence-corrected chi connectivity index (χ1v) is 14.1. The van der Waals surface area contributed by atoms with Gasteiger partial charge in [0.25, 0.3) is 11.8 Å². The van der Waals surface area contributed by atoms with Crippen molar-refractivity contribution in [3.63, 3.8) is 0 Å². The van der Waals surface area contributed by atoms with Crippen molar-refractivity contribution < 1.29 is 18.8 Å². The summed E-state index contributed by atoms with van der Waals surface area (Å²) in [5.74, 6) is -1.80. The maximum absolute atomic E-state index is 13.3. The van der Waals surface area contributed by atoms with Gasteiger partial charge in [0, 0.05) is 31.9 Å². The predicted octanol–water partition coefficient (Wildman–Crippen LogP) is 7.93. The normalized spacial score (nSPS) is 11.1. The number of thioether (sulfide) groups is 1. The van der Waals surface area contributed by atoms with Crippen LogP contribution in [0.25, 0.3) is 6.08 Å². The van der Waals surface area contributed by atoms with Crippen LogP contribution in [0.3, 0.4) is 0 Å². The van der Waals surface area contributed by atoms with Crippen LogP contribution in [0.4, 0.5) is 15.8 Å². The molecule has 0 saturated carbocycles. The Labute approximate surface area is 254 Å². The molecule has 0 radical (unpaired) electrons. The molecule has 11 heteroatoms. The molecule has 6 nitrogen and oxygen atoms in total. The summed E-state index contributed by atoms with van der Waals surface area (Å²) in [6.45, 7) is 0. The third kappa shape index (κ3) is 8.83. The van der Waals surface area contributed by atoms with Crippen LogP contribution >= 0.6 is 46.6 Å². The topological polar surface area (TPSA) is 87.3 Å². The van der Waals surface area contributed by atoms with E-state index >= 15 is 0 Å². The molecule has 0 aromatic heterocycles. The highest BCUT2D eigenvalue weighted by Gasteiger charge is 2.16. The van der Waals surface area contributed by atoms with Crippen molar-refractivity contribution in [2.75, 3.05) is 16.4 Å². The molecule has 0 aliphatic rings. The van der Waals surface area contributed by atoms with Gasteiger partial charge < -0.3 is 16.0 Å². The fraction of sp³-hybridized carbons (Fsp3) is 0.0333. The van der Waals surface area contributed by atoms with Gasteiger partial charge in [-0.2, -0.15) is 0 Å². The molecule has 0 aliphatic carbocycles. The predicted molar refractivity (Wildman–Crippen MR) is 164 cm³/mol. The van der Waals surface area contributed by atoms with Gasteiger partial charge in [-0.1, -0.05) is 59.1 Å². The van der Waals surface area contributed by atoms with E-state index < -0.39 is 17.6 Å². The molecule has 0 heterocycles. The number of amides is 3. The molecule has 0 aliphatic heterocycles. The van der Waals surface area contributed by atoms with Gasteiger partial charge in [-0.25, -0.2) is 4.39 Å². The Kier molecular flexibility index (Phi) is 10.4. The van der Waals surface area contributed by atoms with E-state index in [2.05, 4.69) is 16.0 Å². The van der Waals surface area contributed by atoms with Crippen LogP contribution in [0, 0.1) is 5.82 Å². The lowest BCUT2D eigenvalue weighted by Crippen LogP contribution is -2.30. The van der Waals surface area contributed by atoms with E-state index in [-0.39, 0.29) is 22.4 Å². The molecular weight excluding hydrogens is 608 g/mol. The SMILES string of the molecule is O=C(CSc1ccc(NC(=O)/C(=C/c2ccc(Cl)cc2Cl)NC(=O)c2ccccc2)cc1)Nc1ccc(F)c(Cl)c1. The molecule has 0 spiro atoms. The van der Waals surface area contributed by atoms with Crippen molar-refractivity contribution in [3.8, 4) is 0 Å². The lowest BCUT2D eigenvalue weighted by atomic mass is 10.1. The van der Waals surface area contributed by atoms with E-state index in [0.29, 0.717) is 32.5 Å². The third-order valence-electron chi connectivity index (χ3n) is 5.48. The standard InChI is InChI=1S/C30H21Cl3FN3O3S/c31-20-7-6-19(24(32)15-20)14-27(37-29(39)18-4-2-1-3-5-18)30(40)36-21-8-11-23(12-9-21)41-17-28(38)35-22-10-13-26(34)25(33)16-22/h1-16H,17H2,(H,35,38)(H,36,40)(H,37,39)/b27-14-. The Hall–Kier alpha value is -3.82. The molecule has 3 N–H and O–H groups in total. The summed E-state index contributed by atoms with van der Waals surface area (Å²) in [7, 11) is 0. The maximum Gasteiger partial charge on any atom is 0.272 e. The van der Waals surface area contributed by atoms with Crippen LogP contribution in [-0.2, 0) is 9.59 Å². The van der Waals surface area contributed by atoms with Crippen LogP contribution in [0.5, 0.6) is 0 Å². The molecule has 0 bridgehead atoms. The van der Waals surface area contributed by atoms with Crippen molar-refractivity contribution in [2.45, 2.75) is 4.90 Å². The van der Waals surface area contributed by atoms with Crippen molar-refractivity contribution in [2.24, 2.45) is 0 Å². The molecule has 0 fully saturated rings. The van der Waals surface area contributed by atoms with Crippen molar-refractivity contribution in [1.82, 2.24) is 5.32 Å². The van der Waals surface area contributed by atoms with Crippen LogP contribution < -0.4 is 16.0 Å². The minimum Gasteiger partial charge on any atom is -0.325 e. The summed E-state index contributed by atoms with van der Waals surface area (Å²) in [4.78, 5) is 39.1. The number of carbonyl (C=O) groups excluding carboxylic acids is 3. The monoisotopic (exact) mass is 627 g/mol. The summed E-state index contributed by atoms with van der Waals surface area (Å²) in [6.07, 6.45) is 1.46. The quantitative estimate of drug-likeness (QED) is 0.130. The first-order chi connectivity index (χ1) is 19.7. The highest BCUT2D eigenvalue weighted by atomic mass is 35.5. The highest BCUT2D eigenvalue weighted by molar-refractivity contribution is 8.00. The lowest BCUT2D eigenvalue weighted by Gasteiger charge is -2.12. The zero-order valence-electron chi connectivity index (χ0n) is 21.1. The number of benzene rings is 4. The maximum atomic E-state index is 13.3. The Balaban J connectivity index is 1.42. The second-order valence-electron chi connectivity index (χ2n) is 8.49. The molecule has 4 aromatic rings. The summed E-state index contributed by atoms with van der Waals surface area (Å²) in [5.41, 5.74) is 1.69. The van der Waals surface area contributed by atoms with E-state index in [1.54, 1.807) is 66.7 Å². The first-order valence-electron chi connectivity index (χ1n) is 12.0. The Morgan fingerprint density at radius 1 is 0.780 bits per heavy atom. The van der Waals surface area contributed by atoms with Crippen LogP contribution in [0.1, 0.15) is 15.9 Å². The average Bonchev–Trinajstić information content (AvgIpc) is 2.96. The largest absolute Gasteiger partial charge is 0.325 e. The zero-order valence-corrected chi connectivity index (χ0v) is 24.2. The number of anilines is 2. The number of rotatable bonds is 9. The second-order valence-corrected chi connectivity index (χ2v) is 10.8. The molecule has 0 atom stereocenters. The molecule has 41 heavy (non-hydrogen) atoms. The minimum atomic E-state index is -0.571. The number of hydrogen-bond donors (Lipinski definition) is 3. The first kappa shape index (κ1) is 30.1. The van der Waals surface area contributed by atoms with Gasteiger partial charge in [-0.15, -0.1) is 11.8 Å². The Morgan fingerprint density at radius 2 is 1.49 bits per heavy atom. The van der Waals surface area contributed by atoms with Crippen LogP contribution in [0.2, 0.25) is 15.1 Å². The van der Waals surface area contributed by atoms with Gasteiger partial charge in [0.2, 0.25) is 5.91 Å². The molecule has 4 aromatic carbocycles. The third-order valence-corrected chi connectivity index (χ3v) is 7.34. The molecule has 0 unspecified atom stereocenters. The van der Waals surface area contributed by atoms with Gasteiger partial charge in [-0.3, -0.25) is 14.4 Å². The smallest absolute Gasteiger partial charge is 0.272 e. The highest BCUT2D eigenvalue weighted by Crippen LogP contribution is 2.25. The fourth-order valence-electron chi connectivity index (χ4n) is 3.47. The van der Waals surface area contributed by atoms with Gasteiger partial charge in [0.05, 0.1) is 10.8 Å². The lowest BCUT2D eigenvalue weighted by molar-refractivity contribution is -0.114. The molecule has 208 valence electrons. The van der Waals surface area contributed by atoms with E-state index in [0.717, 1.165) is 4.90 Å². The van der Waals surface area contributed by atoms with Crippen molar-refractivity contribution in [1.29, 1.82) is 0 Å². The Bertz CT molecular complexity index is 1620. The fourth-order valence-corrected chi connectivity index (χ4v) is 4.81. The Morgan fingerprint density at radius 3 is 2.17 bits per heavy atom. The minimum absolute atomic E-state index is 0.0286. The molecule has 3 amide bonds. The number of halogens is 4. The van der Waals surface area contributed by atoms with Crippen molar-refractivity contribution in [3.05, 3.63) is 129 Å². The average molecular weight is 629 g/mol. The second kappa shape index (κ2) is 14.2. The molecular formula is C30H21Cl3FN3O3S. The number of carbonyl (C=O) groups is 3. The van der Waals surface area contributed by atoms with Crippen LogP contribution in [0.15, 0.2) is 102 Å². The van der Waals surface area contributed by atoms with E-state index in [1.807, 2.05) is 0 Å². The van der Waals surface area contributed by atoms with Gasteiger partial charge in [0.15, 0.2) is 0 Å². The van der Waals surface area contributed by atoms with E-state index in [1.165, 1.54) is 42.1 Å². The van der Waals surface area contributed by atoms with Crippen molar-refractivity contribution >= 4 is 81.7 Å². The van der Waals surface area contributed by atoms with Crippen LogP contribution in [-0.4, -0.2) is 23.5 Å². The number of nitrogens with one attached hydrogen (secondary N) is 3. The summed E-state index contributed by atoms with van der Waals surface area (Å²) < 4.78 is 13.3. The molecule has 4 rings (SSSR count).